The molecule has 4 rings (SSSR count). The fourth-order valence-corrected chi connectivity index (χ4v) is 5.30. The van der Waals surface area contributed by atoms with Crippen molar-refractivity contribution in [3.05, 3.63) is 68.8 Å². The molecule has 0 aromatic heterocycles. The minimum Gasteiger partial charge on any atom is -0.462 e. The summed E-state index contributed by atoms with van der Waals surface area (Å²) < 4.78 is 15.9. The number of carbonyl (C=O) groups excluding carboxylic acids is 3. The standard InChI is InChI=1S/C18H25NO4.C16H23NO3/c1-6-22-16(20)15-8-7-13-11-19(10-9-14(13)12(15)2)17(21)23-18(3,4)5;1-11-13(10-18)6-5-12-9-17(8-7-14(11)12)15(19)20-16(2,3)4/h7-8H,6,9-11H2,1-5H3;5-6,18H,7-10H2,1-4H3. The smallest absolute Gasteiger partial charge is 0.410 e. The molecule has 2 aliphatic heterocycles. The van der Waals surface area contributed by atoms with Crippen molar-refractivity contribution >= 4 is 18.2 Å². The van der Waals surface area contributed by atoms with Gasteiger partial charge in [-0.15, -0.1) is 0 Å². The molecule has 0 spiro atoms. The number of esters is 1. The van der Waals surface area contributed by atoms with Crippen molar-refractivity contribution in [1.82, 2.24) is 9.80 Å². The molecule has 0 saturated heterocycles. The predicted molar refractivity (Wildman–Crippen MR) is 165 cm³/mol. The van der Waals surface area contributed by atoms with Crippen molar-refractivity contribution in [1.29, 1.82) is 0 Å². The van der Waals surface area contributed by atoms with Crippen LogP contribution in [0.25, 0.3) is 0 Å². The SMILES string of the molecule is CCOC(=O)c1ccc2c(c1C)CCN(C(=O)OC(C)(C)C)C2.Cc1c(CO)ccc2c1CCN(C(=O)OC(C)(C)C)C2. The number of benzene rings is 2. The number of aliphatic hydroxyl groups is 1. The number of rotatable bonds is 3. The zero-order chi connectivity index (χ0) is 32.1. The van der Waals surface area contributed by atoms with Gasteiger partial charge in [0.25, 0.3) is 0 Å². The molecule has 0 fully saturated rings. The fraction of sp³-hybridized carbons (Fsp3) is 0.559. The number of nitrogens with zero attached hydrogens (tertiary/aromatic N) is 2. The molecule has 2 amide bonds. The third-order valence-electron chi connectivity index (χ3n) is 7.46. The maximum absolute atomic E-state index is 12.2. The first-order valence-electron chi connectivity index (χ1n) is 15.0. The van der Waals surface area contributed by atoms with E-state index in [2.05, 4.69) is 0 Å². The zero-order valence-corrected chi connectivity index (χ0v) is 27.3. The molecule has 1 N–H and O–H groups in total. The zero-order valence-electron chi connectivity index (χ0n) is 27.3. The summed E-state index contributed by atoms with van der Waals surface area (Å²) >= 11 is 0. The number of hydrogen-bond donors (Lipinski definition) is 1. The van der Waals surface area contributed by atoms with Crippen molar-refractivity contribution in [2.24, 2.45) is 0 Å². The number of aliphatic hydroxyl groups excluding tert-OH is 1. The van der Waals surface area contributed by atoms with Crippen LogP contribution in [0, 0.1) is 13.8 Å². The highest BCUT2D eigenvalue weighted by Crippen LogP contribution is 2.28. The van der Waals surface area contributed by atoms with Crippen LogP contribution < -0.4 is 0 Å². The van der Waals surface area contributed by atoms with E-state index < -0.39 is 11.2 Å². The summed E-state index contributed by atoms with van der Waals surface area (Å²) in [6, 6.07) is 7.63. The van der Waals surface area contributed by atoms with Crippen LogP contribution in [0.4, 0.5) is 9.59 Å². The molecule has 0 radical (unpaired) electrons. The van der Waals surface area contributed by atoms with Gasteiger partial charge in [-0.05, 0) is 120 Å². The highest BCUT2D eigenvalue weighted by atomic mass is 16.6. The van der Waals surface area contributed by atoms with Gasteiger partial charge in [0.05, 0.1) is 18.8 Å². The second kappa shape index (κ2) is 13.8. The monoisotopic (exact) mass is 596 g/mol. The first-order chi connectivity index (χ1) is 20.0. The first kappa shape index (κ1) is 33.9. The number of carbonyl (C=O) groups is 3. The lowest BCUT2D eigenvalue weighted by Crippen LogP contribution is -2.40. The van der Waals surface area contributed by atoms with Crippen molar-refractivity contribution in [2.45, 2.75) is 106 Å². The maximum Gasteiger partial charge on any atom is 0.410 e. The van der Waals surface area contributed by atoms with Crippen LogP contribution in [-0.2, 0) is 46.7 Å². The van der Waals surface area contributed by atoms with E-state index in [1.807, 2.05) is 73.6 Å². The summed E-state index contributed by atoms with van der Waals surface area (Å²) in [5.41, 5.74) is 7.32. The molecule has 2 aromatic rings. The lowest BCUT2D eigenvalue weighted by molar-refractivity contribution is 0.0213. The highest BCUT2D eigenvalue weighted by Gasteiger charge is 2.28. The minimum atomic E-state index is -0.499. The normalized spacial score (nSPS) is 14.6. The number of amides is 2. The summed E-state index contributed by atoms with van der Waals surface area (Å²) in [4.78, 5) is 39.7. The summed E-state index contributed by atoms with van der Waals surface area (Å²) in [6.45, 7) is 19.7. The molecule has 236 valence electrons. The molecule has 2 heterocycles. The Balaban J connectivity index is 0.000000238. The summed E-state index contributed by atoms with van der Waals surface area (Å²) in [7, 11) is 0. The molecule has 2 aromatic carbocycles. The van der Waals surface area contributed by atoms with Crippen molar-refractivity contribution in [3.63, 3.8) is 0 Å². The van der Waals surface area contributed by atoms with Gasteiger partial charge in [0.15, 0.2) is 0 Å². The first-order valence-corrected chi connectivity index (χ1v) is 15.0. The summed E-state index contributed by atoms with van der Waals surface area (Å²) in [6.07, 6.45) is 0.976. The summed E-state index contributed by atoms with van der Waals surface area (Å²) in [5, 5.41) is 9.30. The van der Waals surface area contributed by atoms with Gasteiger partial charge < -0.3 is 29.1 Å². The van der Waals surface area contributed by atoms with Gasteiger partial charge in [0.2, 0.25) is 0 Å². The van der Waals surface area contributed by atoms with E-state index in [0.717, 1.165) is 39.8 Å². The van der Waals surface area contributed by atoms with E-state index in [9.17, 15) is 19.5 Å². The molecule has 0 atom stereocenters. The number of ether oxygens (including phenoxy) is 3. The van der Waals surface area contributed by atoms with Crippen molar-refractivity contribution < 1.29 is 33.7 Å². The Hall–Kier alpha value is -3.59. The van der Waals surface area contributed by atoms with Gasteiger partial charge >= 0.3 is 18.2 Å². The van der Waals surface area contributed by atoms with Crippen LogP contribution in [-0.4, -0.2) is 64.0 Å². The van der Waals surface area contributed by atoms with Crippen molar-refractivity contribution in [2.75, 3.05) is 19.7 Å². The second-order valence-electron chi connectivity index (χ2n) is 13.0. The minimum absolute atomic E-state index is 0.0644. The largest absolute Gasteiger partial charge is 0.462 e. The number of hydrogen-bond acceptors (Lipinski definition) is 7. The molecule has 0 aliphatic carbocycles. The van der Waals surface area contributed by atoms with E-state index in [-0.39, 0.29) is 24.8 Å². The average molecular weight is 597 g/mol. The van der Waals surface area contributed by atoms with E-state index in [1.165, 1.54) is 5.56 Å². The van der Waals surface area contributed by atoms with Crippen LogP contribution in [0.15, 0.2) is 24.3 Å². The van der Waals surface area contributed by atoms with Crippen molar-refractivity contribution in [3.8, 4) is 0 Å². The molecule has 43 heavy (non-hydrogen) atoms. The fourth-order valence-electron chi connectivity index (χ4n) is 5.30. The van der Waals surface area contributed by atoms with Gasteiger partial charge in [0, 0.05) is 26.2 Å². The van der Waals surface area contributed by atoms with E-state index in [0.29, 0.717) is 44.8 Å². The summed E-state index contributed by atoms with van der Waals surface area (Å²) in [5.74, 6) is -0.289. The van der Waals surface area contributed by atoms with Gasteiger partial charge in [-0.1, -0.05) is 18.2 Å². The van der Waals surface area contributed by atoms with E-state index in [4.69, 9.17) is 14.2 Å². The van der Waals surface area contributed by atoms with Gasteiger partial charge in [-0.2, -0.15) is 0 Å². The Morgan fingerprint density at radius 1 is 0.767 bits per heavy atom. The van der Waals surface area contributed by atoms with Crippen LogP contribution >= 0.6 is 0 Å². The Morgan fingerprint density at radius 3 is 1.67 bits per heavy atom. The highest BCUT2D eigenvalue weighted by molar-refractivity contribution is 5.91. The molecule has 9 nitrogen and oxygen atoms in total. The number of fused-ring (bicyclic) bond motifs is 2. The Morgan fingerprint density at radius 2 is 1.23 bits per heavy atom. The quantitative estimate of drug-likeness (QED) is 0.330. The van der Waals surface area contributed by atoms with Gasteiger partial charge in [0.1, 0.15) is 11.2 Å². The lowest BCUT2D eigenvalue weighted by atomic mass is 9.92. The van der Waals surface area contributed by atoms with E-state index in [1.54, 1.807) is 22.8 Å². The third kappa shape index (κ3) is 8.95. The molecule has 0 unspecified atom stereocenters. The molecular formula is C34H48N2O7. The maximum atomic E-state index is 12.2. The Labute approximate surface area is 256 Å². The molecule has 2 aliphatic rings. The Bertz CT molecular complexity index is 1340. The van der Waals surface area contributed by atoms with E-state index >= 15 is 0 Å². The topological polar surface area (TPSA) is 106 Å². The lowest BCUT2D eigenvalue weighted by Gasteiger charge is -2.32. The van der Waals surface area contributed by atoms with Crippen LogP contribution in [0.1, 0.15) is 97.8 Å². The predicted octanol–water partition coefficient (Wildman–Crippen LogP) is 6.25. The molecular weight excluding hydrogens is 548 g/mol. The van der Waals surface area contributed by atoms with Gasteiger partial charge in [-0.3, -0.25) is 0 Å². The average Bonchev–Trinajstić information content (AvgIpc) is 2.91. The molecule has 0 saturated carbocycles. The van der Waals surface area contributed by atoms with Gasteiger partial charge in [-0.25, -0.2) is 14.4 Å². The van der Waals surface area contributed by atoms with Crippen LogP contribution in [0.5, 0.6) is 0 Å². The van der Waals surface area contributed by atoms with Crippen LogP contribution in [0.3, 0.4) is 0 Å². The molecule has 9 heteroatoms. The molecule has 0 bridgehead atoms. The third-order valence-corrected chi connectivity index (χ3v) is 7.46. The van der Waals surface area contributed by atoms with Crippen LogP contribution in [0.2, 0.25) is 0 Å². The second-order valence-corrected chi connectivity index (χ2v) is 13.0. The Kier molecular flexibility index (Phi) is 10.9.